The summed E-state index contributed by atoms with van der Waals surface area (Å²) < 4.78 is 24.8. The fraction of sp³-hybridized carbons (Fsp3) is 0.150. The van der Waals surface area contributed by atoms with E-state index in [1.54, 1.807) is 20.3 Å². The highest BCUT2D eigenvalue weighted by molar-refractivity contribution is 7.22. The van der Waals surface area contributed by atoms with E-state index in [-0.39, 0.29) is 18.1 Å². The summed E-state index contributed by atoms with van der Waals surface area (Å²) >= 11 is 2.65. The Hall–Kier alpha value is -3.04. The van der Waals surface area contributed by atoms with E-state index in [1.165, 1.54) is 34.8 Å². The lowest BCUT2D eigenvalue weighted by Crippen LogP contribution is -2.14. The number of halogens is 1. The summed E-state index contributed by atoms with van der Waals surface area (Å²) in [6, 6.07) is 9.90. The average Bonchev–Trinajstić information content (AvgIpc) is 3.33. The van der Waals surface area contributed by atoms with E-state index in [2.05, 4.69) is 15.3 Å². The van der Waals surface area contributed by atoms with Crippen molar-refractivity contribution >= 4 is 43.9 Å². The number of fused-ring (bicyclic) bond motifs is 1. The molecule has 148 valence electrons. The number of carbonyl (C=O) groups is 1. The smallest absolute Gasteiger partial charge is 0.232 e. The van der Waals surface area contributed by atoms with Gasteiger partial charge in [0.25, 0.3) is 0 Å². The summed E-state index contributed by atoms with van der Waals surface area (Å²) in [4.78, 5) is 21.3. The number of hydrogen-bond acceptors (Lipinski definition) is 7. The van der Waals surface area contributed by atoms with Gasteiger partial charge in [0.1, 0.15) is 10.8 Å². The molecule has 1 N–H and O–H groups in total. The van der Waals surface area contributed by atoms with Gasteiger partial charge in [-0.15, -0.1) is 11.3 Å². The zero-order valence-corrected chi connectivity index (χ0v) is 17.2. The Labute approximate surface area is 174 Å². The lowest BCUT2D eigenvalue weighted by atomic mass is 10.2. The van der Waals surface area contributed by atoms with Crippen LogP contribution in [0.5, 0.6) is 11.5 Å². The molecular weight excluding hydrogens is 413 g/mol. The van der Waals surface area contributed by atoms with Crippen LogP contribution in [0, 0.1) is 5.82 Å². The minimum atomic E-state index is -0.331. The second-order valence-corrected chi connectivity index (χ2v) is 7.93. The van der Waals surface area contributed by atoms with Gasteiger partial charge in [-0.2, -0.15) is 0 Å². The molecule has 29 heavy (non-hydrogen) atoms. The van der Waals surface area contributed by atoms with Crippen LogP contribution in [0.25, 0.3) is 20.8 Å². The summed E-state index contributed by atoms with van der Waals surface area (Å²) in [6.45, 7) is 0. The molecule has 0 bridgehead atoms. The summed E-state index contributed by atoms with van der Waals surface area (Å²) in [5.41, 5.74) is 2.09. The zero-order valence-electron chi connectivity index (χ0n) is 15.6. The number of amides is 1. The van der Waals surface area contributed by atoms with Crippen molar-refractivity contribution < 1.29 is 18.7 Å². The summed E-state index contributed by atoms with van der Waals surface area (Å²) in [6.07, 6.45) is 0.104. The van der Waals surface area contributed by atoms with Crippen LogP contribution in [-0.4, -0.2) is 30.1 Å². The topological polar surface area (TPSA) is 73.3 Å². The number of methoxy groups -OCH3 is 2. The number of para-hydroxylation sites is 1. The van der Waals surface area contributed by atoms with Gasteiger partial charge in [0.05, 0.1) is 42.1 Å². The van der Waals surface area contributed by atoms with Gasteiger partial charge in [0.2, 0.25) is 5.91 Å². The van der Waals surface area contributed by atoms with Crippen molar-refractivity contribution in [3.8, 4) is 22.1 Å². The van der Waals surface area contributed by atoms with E-state index in [9.17, 15) is 9.18 Å². The number of ether oxygens (including phenoxy) is 2. The van der Waals surface area contributed by atoms with Gasteiger partial charge < -0.3 is 14.8 Å². The van der Waals surface area contributed by atoms with Crippen LogP contribution in [0.3, 0.4) is 0 Å². The first-order valence-corrected chi connectivity index (χ1v) is 10.3. The van der Waals surface area contributed by atoms with Crippen molar-refractivity contribution in [2.75, 3.05) is 19.5 Å². The van der Waals surface area contributed by atoms with E-state index < -0.39 is 0 Å². The lowest BCUT2D eigenvalue weighted by Gasteiger charge is -2.10. The number of rotatable bonds is 6. The first-order chi connectivity index (χ1) is 14.1. The number of hydrogen-bond donors (Lipinski definition) is 1. The number of carbonyl (C=O) groups excluding carboxylic acids is 1. The monoisotopic (exact) mass is 429 g/mol. The third-order valence-electron chi connectivity index (χ3n) is 4.12. The van der Waals surface area contributed by atoms with Crippen LogP contribution < -0.4 is 14.8 Å². The predicted molar refractivity (Wildman–Crippen MR) is 113 cm³/mol. The van der Waals surface area contributed by atoms with E-state index >= 15 is 0 Å². The van der Waals surface area contributed by atoms with Crippen molar-refractivity contribution in [2.24, 2.45) is 0 Å². The summed E-state index contributed by atoms with van der Waals surface area (Å²) in [5, 5.41) is 5.76. The van der Waals surface area contributed by atoms with Gasteiger partial charge in [0, 0.05) is 5.38 Å². The minimum absolute atomic E-state index is 0.104. The largest absolute Gasteiger partial charge is 0.493 e. The molecule has 0 saturated carbocycles. The molecule has 2 heterocycles. The molecule has 9 heteroatoms. The SMILES string of the molecule is COc1cccc(-c2nc(CC(=O)Nc3nc4ccc(F)cc4s3)cs2)c1OC. The van der Waals surface area contributed by atoms with Crippen LogP contribution in [0.2, 0.25) is 0 Å². The van der Waals surface area contributed by atoms with Gasteiger partial charge in [-0.25, -0.2) is 14.4 Å². The first kappa shape index (κ1) is 19.3. The van der Waals surface area contributed by atoms with Gasteiger partial charge in [-0.3, -0.25) is 4.79 Å². The third-order valence-corrected chi connectivity index (χ3v) is 5.98. The Morgan fingerprint density at radius 2 is 2.03 bits per heavy atom. The zero-order chi connectivity index (χ0) is 20.4. The second-order valence-electron chi connectivity index (χ2n) is 6.04. The van der Waals surface area contributed by atoms with Gasteiger partial charge in [-0.05, 0) is 30.3 Å². The fourth-order valence-corrected chi connectivity index (χ4v) is 4.60. The third kappa shape index (κ3) is 4.06. The average molecular weight is 429 g/mol. The summed E-state index contributed by atoms with van der Waals surface area (Å²) in [7, 11) is 3.16. The molecule has 0 aliphatic rings. The maximum atomic E-state index is 13.3. The number of nitrogens with one attached hydrogen (secondary N) is 1. The number of nitrogens with zero attached hydrogens (tertiary/aromatic N) is 2. The van der Waals surface area contributed by atoms with Gasteiger partial charge in [-0.1, -0.05) is 17.4 Å². The van der Waals surface area contributed by atoms with Crippen LogP contribution in [0.1, 0.15) is 5.69 Å². The van der Waals surface area contributed by atoms with Crippen molar-refractivity contribution in [2.45, 2.75) is 6.42 Å². The maximum Gasteiger partial charge on any atom is 0.232 e. The van der Waals surface area contributed by atoms with E-state index in [1.807, 2.05) is 23.6 Å². The summed E-state index contributed by atoms with van der Waals surface area (Å²) in [5.74, 6) is 0.648. The Kier molecular flexibility index (Phi) is 5.41. The molecule has 2 aromatic heterocycles. The van der Waals surface area contributed by atoms with Gasteiger partial charge >= 0.3 is 0 Å². The molecule has 0 spiro atoms. The maximum absolute atomic E-state index is 13.3. The number of benzene rings is 2. The minimum Gasteiger partial charge on any atom is -0.493 e. The Morgan fingerprint density at radius 3 is 2.83 bits per heavy atom. The highest BCUT2D eigenvalue weighted by atomic mass is 32.1. The van der Waals surface area contributed by atoms with E-state index in [4.69, 9.17) is 9.47 Å². The molecule has 0 saturated heterocycles. The fourth-order valence-electron chi connectivity index (χ4n) is 2.85. The molecule has 0 unspecified atom stereocenters. The quantitative estimate of drug-likeness (QED) is 0.479. The second kappa shape index (κ2) is 8.14. The van der Waals surface area contributed by atoms with Crippen molar-refractivity contribution in [3.05, 3.63) is 53.3 Å². The van der Waals surface area contributed by atoms with Gasteiger partial charge in [0.15, 0.2) is 16.6 Å². The highest BCUT2D eigenvalue weighted by Crippen LogP contribution is 2.39. The lowest BCUT2D eigenvalue weighted by molar-refractivity contribution is -0.115. The molecule has 4 aromatic rings. The van der Waals surface area contributed by atoms with Crippen molar-refractivity contribution in [3.63, 3.8) is 0 Å². The van der Waals surface area contributed by atoms with Crippen LogP contribution >= 0.6 is 22.7 Å². The van der Waals surface area contributed by atoms with Crippen molar-refractivity contribution in [1.82, 2.24) is 9.97 Å². The molecule has 6 nitrogen and oxygen atoms in total. The Morgan fingerprint density at radius 1 is 1.17 bits per heavy atom. The number of aromatic nitrogens is 2. The molecule has 4 rings (SSSR count). The molecular formula is C20H16FN3O3S2. The standard InChI is InChI=1S/C20H16FN3O3S2/c1-26-15-5-3-4-13(18(15)27-2)19-22-12(10-28-19)9-17(25)24-20-23-14-7-6-11(21)8-16(14)29-20/h3-8,10H,9H2,1-2H3,(H,23,24,25). The molecule has 1 amide bonds. The molecule has 2 aromatic carbocycles. The number of thiazole rings is 2. The van der Waals surface area contributed by atoms with Crippen LogP contribution in [0.4, 0.5) is 9.52 Å². The van der Waals surface area contributed by atoms with E-state index in [0.29, 0.717) is 32.5 Å². The van der Waals surface area contributed by atoms with Crippen molar-refractivity contribution in [1.29, 1.82) is 0 Å². The molecule has 0 atom stereocenters. The molecule has 0 aliphatic heterocycles. The number of anilines is 1. The highest BCUT2D eigenvalue weighted by Gasteiger charge is 2.16. The Bertz CT molecular complexity index is 1190. The Balaban J connectivity index is 1.49. The molecule has 0 aliphatic carbocycles. The predicted octanol–water partition coefficient (Wildman–Crippen LogP) is 4.76. The van der Waals surface area contributed by atoms with Crippen LogP contribution in [0.15, 0.2) is 41.8 Å². The van der Waals surface area contributed by atoms with Crippen LogP contribution in [-0.2, 0) is 11.2 Å². The van der Waals surface area contributed by atoms with E-state index in [0.717, 1.165) is 10.6 Å². The first-order valence-electron chi connectivity index (χ1n) is 8.59. The molecule has 0 fully saturated rings. The molecule has 0 radical (unpaired) electrons. The normalized spacial score (nSPS) is 10.9.